The van der Waals surface area contributed by atoms with E-state index in [-0.39, 0.29) is 11.9 Å². The Morgan fingerprint density at radius 1 is 1.64 bits per heavy atom. The van der Waals surface area contributed by atoms with Crippen molar-refractivity contribution in [1.29, 1.82) is 0 Å². The molecule has 1 atom stereocenters. The second-order valence-electron chi connectivity index (χ2n) is 4.74. The molecule has 0 radical (unpaired) electrons. The zero-order valence-corrected chi connectivity index (χ0v) is 13.2. The molecule has 0 aliphatic carbocycles. The van der Waals surface area contributed by atoms with Gasteiger partial charge in [0.05, 0.1) is 28.6 Å². The number of ether oxygens (including phenoxy) is 1. The van der Waals surface area contributed by atoms with E-state index in [1.807, 2.05) is 6.07 Å². The fourth-order valence-electron chi connectivity index (χ4n) is 2.11. The van der Waals surface area contributed by atoms with E-state index in [1.165, 1.54) is 23.1 Å². The highest BCUT2D eigenvalue weighted by molar-refractivity contribution is 8.01. The number of nitrogens with zero attached hydrogens (tertiary/aromatic N) is 4. The van der Waals surface area contributed by atoms with E-state index in [2.05, 4.69) is 20.3 Å². The van der Waals surface area contributed by atoms with Crippen LogP contribution >= 0.6 is 23.1 Å². The topological polar surface area (TPSA) is 100.0 Å². The number of azide groups is 1. The van der Waals surface area contributed by atoms with Crippen LogP contribution in [0, 0.1) is 0 Å². The SMILES string of the molecule is [N-]=[N+]=Nc1ccc2nc(SCC(=O)NC3CCOC3)sc2c1. The third kappa shape index (κ3) is 3.69. The lowest BCUT2D eigenvalue weighted by Gasteiger charge is -2.09. The molecule has 1 fully saturated rings. The number of nitrogens with one attached hydrogen (secondary N) is 1. The molecule has 0 saturated carbocycles. The Morgan fingerprint density at radius 2 is 2.55 bits per heavy atom. The molecular weight excluding hydrogens is 322 g/mol. The number of amides is 1. The minimum Gasteiger partial charge on any atom is -0.379 e. The van der Waals surface area contributed by atoms with Crippen molar-refractivity contribution in [2.75, 3.05) is 19.0 Å². The Morgan fingerprint density at radius 3 is 3.32 bits per heavy atom. The predicted octanol–water partition coefficient (Wildman–Crippen LogP) is 3.24. The molecule has 114 valence electrons. The van der Waals surface area contributed by atoms with Crippen LogP contribution in [0.2, 0.25) is 0 Å². The number of carbonyl (C=O) groups is 1. The van der Waals surface area contributed by atoms with Crippen LogP contribution in [0.25, 0.3) is 20.7 Å². The fraction of sp³-hybridized carbons (Fsp3) is 0.385. The molecule has 1 aromatic carbocycles. The van der Waals surface area contributed by atoms with Crippen molar-refractivity contribution in [3.8, 4) is 0 Å². The standard InChI is InChI=1S/C13H13N5O2S2/c14-18-17-8-1-2-10-11(5-8)22-13(16-10)21-7-12(19)15-9-3-4-20-6-9/h1-2,5,9H,3-4,6-7H2,(H,15,19). The molecule has 22 heavy (non-hydrogen) atoms. The highest BCUT2D eigenvalue weighted by Crippen LogP contribution is 2.31. The lowest BCUT2D eigenvalue weighted by Crippen LogP contribution is -2.36. The molecule has 1 aliphatic rings. The Kier molecular flexibility index (Phi) is 4.79. The smallest absolute Gasteiger partial charge is 0.230 e. The molecule has 1 saturated heterocycles. The zero-order chi connectivity index (χ0) is 15.4. The van der Waals surface area contributed by atoms with Crippen molar-refractivity contribution in [2.24, 2.45) is 5.11 Å². The van der Waals surface area contributed by atoms with E-state index in [4.69, 9.17) is 10.3 Å². The molecule has 1 N–H and O–H groups in total. The number of thiazole rings is 1. The van der Waals surface area contributed by atoms with Gasteiger partial charge in [0, 0.05) is 17.2 Å². The summed E-state index contributed by atoms with van der Waals surface area (Å²) in [5, 5.41) is 6.52. The fourth-order valence-corrected chi connectivity index (χ4v) is 4.03. The van der Waals surface area contributed by atoms with Gasteiger partial charge in [-0.1, -0.05) is 22.9 Å². The van der Waals surface area contributed by atoms with Gasteiger partial charge in [-0.3, -0.25) is 4.79 Å². The maximum Gasteiger partial charge on any atom is 0.230 e. The Bertz CT molecular complexity index is 735. The van der Waals surface area contributed by atoms with Crippen LogP contribution in [0.5, 0.6) is 0 Å². The monoisotopic (exact) mass is 335 g/mol. The van der Waals surface area contributed by atoms with Crippen molar-refractivity contribution in [1.82, 2.24) is 10.3 Å². The first kappa shape index (κ1) is 15.1. The molecule has 9 heteroatoms. The van der Waals surface area contributed by atoms with Gasteiger partial charge in [0.1, 0.15) is 0 Å². The molecule has 2 aromatic rings. The van der Waals surface area contributed by atoms with Crippen molar-refractivity contribution in [3.63, 3.8) is 0 Å². The summed E-state index contributed by atoms with van der Waals surface area (Å²) in [6.07, 6.45) is 0.875. The van der Waals surface area contributed by atoms with Crippen LogP contribution in [0.3, 0.4) is 0 Å². The number of hydrogen-bond donors (Lipinski definition) is 1. The van der Waals surface area contributed by atoms with Crippen molar-refractivity contribution >= 4 is 44.9 Å². The van der Waals surface area contributed by atoms with Crippen LogP contribution in [-0.2, 0) is 9.53 Å². The summed E-state index contributed by atoms with van der Waals surface area (Å²) in [7, 11) is 0. The Balaban J connectivity index is 1.61. The minimum atomic E-state index is -0.00507. The van der Waals surface area contributed by atoms with E-state index in [1.54, 1.807) is 12.1 Å². The molecule has 0 spiro atoms. The van der Waals surface area contributed by atoms with Gasteiger partial charge in [-0.15, -0.1) is 11.3 Å². The van der Waals surface area contributed by atoms with Crippen LogP contribution in [0.1, 0.15) is 6.42 Å². The number of carbonyl (C=O) groups excluding carboxylic acids is 1. The quantitative estimate of drug-likeness (QED) is 0.392. The first-order valence-electron chi connectivity index (χ1n) is 6.70. The molecule has 1 amide bonds. The molecular formula is C13H13N5O2S2. The second-order valence-corrected chi connectivity index (χ2v) is 6.99. The van der Waals surface area contributed by atoms with Gasteiger partial charge in [0.25, 0.3) is 0 Å². The van der Waals surface area contributed by atoms with Gasteiger partial charge in [-0.25, -0.2) is 4.98 Å². The van der Waals surface area contributed by atoms with Crippen molar-refractivity contribution in [3.05, 3.63) is 28.6 Å². The first-order valence-corrected chi connectivity index (χ1v) is 8.50. The normalized spacial score (nSPS) is 17.4. The van der Waals surface area contributed by atoms with Crippen LogP contribution in [0.15, 0.2) is 27.7 Å². The molecule has 1 unspecified atom stereocenters. The molecule has 7 nitrogen and oxygen atoms in total. The number of fused-ring (bicyclic) bond motifs is 1. The molecule has 2 heterocycles. The lowest BCUT2D eigenvalue weighted by atomic mass is 10.3. The molecule has 3 rings (SSSR count). The third-order valence-corrected chi connectivity index (χ3v) is 5.30. The maximum atomic E-state index is 11.9. The van der Waals surface area contributed by atoms with Crippen LogP contribution in [0.4, 0.5) is 5.69 Å². The number of benzene rings is 1. The van der Waals surface area contributed by atoms with Gasteiger partial charge in [-0.05, 0) is 24.1 Å². The number of hydrogen-bond acceptors (Lipinski definition) is 6. The molecule has 1 aromatic heterocycles. The summed E-state index contributed by atoms with van der Waals surface area (Å²) in [5.74, 6) is 0.328. The summed E-state index contributed by atoms with van der Waals surface area (Å²) in [4.78, 5) is 19.1. The van der Waals surface area contributed by atoms with Gasteiger partial charge in [-0.2, -0.15) is 0 Å². The largest absolute Gasteiger partial charge is 0.379 e. The van der Waals surface area contributed by atoms with E-state index >= 15 is 0 Å². The minimum absolute atomic E-state index is 0.00507. The average Bonchev–Trinajstić information content (AvgIpc) is 3.14. The summed E-state index contributed by atoms with van der Waals surface area (Å²) in [6, 6.07) is 5.47. The lowest BCUT2D eigenvalue weighted by molar-refractivity contribution is -0.119. The van der Waals surface area contributed by atoms with Gasteiger partial charge in [0.15, 0.2) is 4.34 Å². The average molecular weight is 335 g/mol. The highest BCUT2D eigenvalue weighted by Gasteiger charge is 2.18. The predicted molar refractivity (Wildman–Crippen MR) is 86.5 cm³/mol. The highest BCUT2D eigenvalue weighted by atomic mass is 32.2. The van der Waals surface area contributed by atoms with E-state index in [9.17, 15) is 4.79 Å². The maximum absolute atomic E-state index is 11.9. The van der Waals surface area contributed by atoms with Crippen LogP contribution in [-0.4, -0.2) is 35.9 Å². The number of rotatable bonds is 5. The first-order chi connectivity index (χ1) is 10.7. The molecule has 0 bridgehead atoms. The number of aromatic nitrogens is 1. The van der Waals surface area contributed by atoms with Crippen molar-refractivity contribution in [2.45, 2.75) is 16.8 Å². The summed E-state index contributed by atoms with van der Waals surface area (Å²) >= 11 is 2.89. The van der Waals surface area contributed by atoms with Crippen molar-refractivity contribution < 1.29 is 9.53 Å². The molecule has 1 aliphatic heterocycles. The van der Waals surface area contributed by atoms with Gasteiger partial charge in [0.2, 0.25) is 5.91 Å². The summed E-state index contributed by atoms with van der Waals surface area (Å²) < 4.78 is 6.99. The summed E-state index contributed by atoms with van der Waals surface area (Å²) in [5.41, 5.74) is 9.85. The Hall–Kier alpha value is -1.80. The van der Waals surface area contributed by atoms with Gasteiger partial charge < -0.3 is 10.1 Å². The second kappa shape index (κ2) is 6.97. The Labute approximate surface area is 134 Å². The van der Waals surface area contributed by atoms with E-state index < -0.39 is 0 Å². The third-order valence-electron chi connectivity index (χ3n) is 3.13. The van der Waals surface area contributed by atoms with Gasteiger partial charge >= 0.3 is 0 Å². The van der Waals surface area contributed by atoms with E-state index in [0.717, 1.165) is 21.0 Å². The summed E-state index contributed by atoms with van der Waals surface area (Å²) in [6.45, 7) is 1.31. The van der Waals surface area contributed by atoms with E-state index in [0.29, 0.717) is 24.7 Å². The van der Waals surface area contributed by atoms with Crippen LogP contribution < -0.4 is 5.32 Å². The number of thioether (sulfide) groups is 1. The zero-order valence-electron chi connectivity index (χ0n) is 11.6.